The highest BCUT2D eigenvalue weighted by atomic mass is 16.5. The Morgan fingerprint density at radius 1 is 1.38 bits per heavy atom. The van der Waals surface area contributed by atoms with E-state index in [9.17, 15) is 0 Å². The molecule has 0 radical (unpaired) electrons. The minimum atomic E-state index is -0.0429. The van der Waals surface area contributed by atoms with Crippen molar-refractivity contribution in [1.82, 2.24) is 10.3 Å². The van der Waals surface area contributed by atoms with Gasteiger partial charge in [0, 0.05) is 11.8 Å². The van der Waals surface area contributed by atoms with Gasteiger partial charge in [0.05, 0.1) is 19.4 Å². The van der Waals surface area contributed by atoms with E-state index < -0.39 is 0 Å². The molecule has 84 valence electrons. The number of nitrogens with zero attached hydrogens (tertiary/aromatic N) is 1. The lowest BCUT2D eigenvalue weighted by molar-refractivity contribution is 0.381. The molecule has 0 saturated heterocycles. The van der Waals surface area contributed by atoms with Gasteiger partial charge in [-0.1, -0.05) is 6.07 Å². The Labute approximate surface area is 94.3 Å². The van der Waals surface area contributed by atoms with Gasteiger partial charge in [-0.3, -0.25) is 0 Å². The third kappa shape index (κ3) is 1.92. The summed E-state index contributed by atoms with van der Waals surface area (Å²) in [5.41, 5.74) is 0.961. The summed E-state index contributed by atoms with van der Waals surface area (Å²) in [5.74, 6) is 1.45. The summed E-state index contributed by atoms with van der Waals surface area (Å²) in [6.45, 7) is 0. The molecule has 0 aliphatic heterocycles. The van der Waals surface area contributed by atoms with Crippen LogP contribution in [0, 0.1) is 0 Å². The van der Waals surface area contributed by atoms with Crippen molar-refractivity contribution < 1.29 is 9.15 Å². The van der Waals surface area contributed by atoms with Crippen molar-refractivity contribution in [2.45, 2.75) is 6.04 Å². The predicted octanol–water partition coefficient (Wildman–Crippen LogP) is 1.99. The molecule has 0 aromatic carbocycles. The molecule has 0 aliphatic rings. The molecule has 0 amide bonds. The average Bonchev–Trinajstić information content (AvgIpc) is 2.84. The number of nitrogens with one attached hydrogen (secondary N) is 1. The second-order valence-electron chi connectivity index (χ2n) is 3.34. The molecular weight excluding hydrogens is 204 g/mol. The smallest absolute Gasteiger partial charge is 0.218 e. The van der Waals surface area contributed by atoms with Crippen molar-refractivity contribution in [1.29, 1.82) is 0 Å². The van der Waals surface area contributed by atoms with Crippen molar-refractivity contribution in [2.24, 2.45) is 0 Å². The zero-order chi connectivity index (χ0) is 11.4. The SMILES string of the molecule is CNC(c1ccco1)c1cccnc1OC. The lowest BCUT2D eigenvalue weighted by Crippen LogP contribution is -2.18. The maximum absolute atomic E-state index is 5.39. The summed E-state index contributed by atoms with van der Waals surface area (Å²) in [6.07, 6.45) is 3.36. The lowest BCUT2D eigenvalue weighted by atomic mass is 10.1. The summed E-state index contributed by atoms with van der Waals surface area (Å²) in [6, 6.07) is 7.59. The second kappa shape index (κ2) is 4.81. The Bertz CT molecular complexity index is 440. The molecule has 4 nitrogen and oxygen atoms in total. The number of hydrogen-bond donors (Lipinski definition) is 1. The van der Waals surface area contributed by atoms with Gasteiger partial charge in [0.2, 0.25) is 5.88 Å². The van der Waals surface area contributed by atoms with Crippen molar-refractivity contribution in [2.75, 3.05) is 14.2 Å². The van der Waals surface area contributed by atoms with Gasteiger partial charge in [-0.15, -0.1) is 0 Å². The molecule has 2 heterocycles. The second-order valence-corrected chi connectivity index (χ2v) is 3.34. The van der Waals surface area contributed by atoms with Gasteiger partial charge in [-0.25, -0.2) is 4.98 Å². The molecule has 16 heavy (non-hydrogen) atoms. The van der Waals surface area contributed by atoms with E-state index in [1.54, 1.807) is 19.6 Å². The fourth-order valence-electron chi connectivity index (χ4n) is 1.70. The van der Waals surface area contributed by atoms with Crippen molar-refractivity contribution >= 4 is 0 Å². The molecule has 2 rings (SSSR count). The van der Waals surface area contributed by atoms with Gasteiger partial charge < -0.3 is 14.5 Å². The quantitative estimate of drug-likeness (QED) is 0.852. The summed E-state index contributed by atoms with van der Waals surface area (Å²) in [4.78, 5) is 4.17. The first kappa shape index (κ1) is 10.7. The number of methoxy groups -OCH3 is 1. The Morgan fingerprint density at radius 2 is 2.25 bits per heavy atom. The normalized spacial score (nSPS) is 12.4. The average molecular weight is 218 g/mol. The zero-order valence-electron chi connectivity index (χ0n) is 9.31. The van der Waals surface area contributed by atoms with Crippen LogP contribution in [-0.4, -0.2) is 19.1 Å². The number of furan rings is 1. The van der Waals surface area contributed by atoms with Gasteiger partial charge in [0.25, 0.3) is 0 Å². The van der Waals surface area contributed by atoms with E-state index in [0.29, 0.717) is 5.88 Å². The molecule has 1 N–H and O–H groups in total. The Balaban J connectivity index is 2.41. The van der Waals surface area contributed by atoms with Crippen LogP contribution in [0.4, 0.5) is 0 Å². The number of pyridine rings is 1. The molecule has 1 unspecified atom stereocenters. The van der Waals surface area contributed by atoms with Crippen LogP contribution in [0.15, 0.2) is 41.1 Å². The van der Waals surface area contributed by atoms with Crippen LogP contribution in [-0.2, 0) is 0 Å². The summed E-state index contributed by atoms with van der Waals surface area (Å²) in [5, 5.41) is 3.18. The van der Waals surface area contributed by atoms with E-state index in [1.807, 2.05) is 31.3 Å². The molecule has 0 saturated carbocycles. The summed E-state index contributed by atoms with van der Waals surface area (Å²) < 4.78 is 10.6. The van der Waals surface area contributed by atoms with Gasteiger partial charge >= 0.3 is 0 Å². The van der Waals surface area contributed by atoms with E-state index in [-0.39, 0.29) is 6.04 Å². The van der Waals surface area contributed by atoms with Crippen LogP contribution in [0.1, 0.15) is 17.4 Å². The highest BCUT2D eigenvalue weighted by Crippen LogP contribution is 2.27. The van der Waals surface area contributed by atoms with Crippen LogP contribution >= 0.6 is 0 Å². The fraction of sp³-hybridized carbons (Fsp3) is 0.250. The Hall–Kier alpha value is -1.81. The highest BCUT2D eigenvalue weighted by Gasteiger charge is 2.19. The number of aromatic nitrogens is 1. The van der Waals surface area contributed by atoms with Gasteiger partial charge in [-0.05, 0) is 25.2 Å². The predicted molar refractivity (Wildman–Crippen MR) is 60.4 cm³/mol. The Morgan fingerprint density at radius 3 is 2.88 bits per heavy atom. The molecule has 0 spiro atoms. The molecule has 4 heteroatoms. The van der Waals surface area contributed by atoms with Gasteiger partial charge in [0.1, 0.15) is 5.76 Å². The number of rotatable bonds is 4. The topological polar surface area (TPSA) is 47.3 Å². The zero-order valence-corrected chi connectivity index (χ0v) is 9.31. The summed E-state index contributed by atoms with van der Waals surface area (Å²) >= 11 is 0. The monoisotopic (exact) mass is 218 g/mol. The molecule has 2 aromatic rings. The van der Waals surface area contributed by atoms with Crippen LogP contribution < -0.4 is 10.1 Å². The minimum absolute atomic E-state index is 0.0429. The van der Waals surface area contributed by atoms with Gasteiger partial charge in [-0.2, -0.15) is 0 Å². The van der Waals surface area contributed by atoms with Crippen LogP contribution in [0.25, 0.3) is 0 Å². The third-order valence-electron chi connectivity index (χ3n) is 2.42. The Kier molecular flexibility index (Phi) is 3.22. The third-order valence-corrected chi connectivity index (χ3v) is 2.42. The largest absolute Gasteiger partial charge is 0.481 e. The maximum atomic E-state index is 5.39. The lowest BCUT2D eigenvalue weighted by Gasteiger charge is -2.16. The minimum Gasteiger partial charge on any atom is -0.481 e. The first-order chi connectivity index (χ1) is 7.86. The van der Waals surface area contributed by atoms with Crippen LogP contribution in [0.5, 0.6) is 5.88 Å². The molecule has 0 aliphatic carbocycles. The number of hydrogen-bond acceptors (Lipinski definition) is 4. The summed E-state index contributed by atoms with van der Waals surface area (Å²) in [7, 11) is 3.49. The molecule has 0 fully saturated rings. The van der Waals surface area contributed by atoms with Crippen molar-refractivity contribution in [3.05, 3.63) is 48.0 Å². The maximum Gasteiger partial charge on any atom is 0.218 e. The van der Waals surface area contributed by atoms with E-state index >= 15 is 0 Å². The molecule has 1 atom stereocenters. The number of ether oxygens (including phenoxy) is 1. The van der Waals surface area contributed by atoms with Crippen molar-refractivity contribution in [3.8, 4) is 5.88 Å². The molecular formula is C12H14N2O2. The van der Waals surface area contributed by atoms with Gasteiger partial charge in [0.15, 0.2) is 0 Å². The first-order valence-corrected chi connectivity index (χ1v) is 5.06. The van der Waals surface area contributed by atoms with E-state index in [0.717, 1.165) is 11.3 Å². The van der Waals surface area contributed by atoms with Crippen molar-refractivity contribution in [3.63, 3.8) is 0 Å². The van der Waals surface area contributed by atoms with E-state index in [2.05, 4.69) is 10.3 Å². The first-order valence-electron chi connectivity index (χ1n) is 5.06. The van der Waals surface area contributed by atoms with E-state index in [4.69, 9.17) is 9.15 Å². The van der Waals surface area contributed by atoms with Crippen LogP contribution in [0.3, 0.4) is 0 Å². The standard InChI is InChI=1S/C12H14N2O2/c1-13-11(10-6-4-8-16-10)9-5-3-7-14-12(9)15-2/h3-8,11,13H,1-2H3. The molecule has 0 bridgehead atoms. The highest BCUT2D eigenvalue weighted by molar-refractivity contribution is 5.33. The van der Waals surface area contributed by atoms with Crippen LogP contribution in [0.2, 0.25) is 0 Å². The van der Waals surface area contributed by atoms with E-state index in [1.165, 1.54) is 0 Å². The fourth-order valence-corrected chi connectivity index (χ4v) is 1.70. The molecule has 2 aromatic heterocycles.